The number of hydrogen-bond acceptors (Lipinski definition) is 3. The van der Waals surface area contributed by atoms with Gasteiger partial charge in [0.2, 0.25) is 5.91 Å². The second kappa shape index (κ2) is 6.71. The Kier molecular flexibility index (Phi) is 5.52. The summed E-state index contributed by atoms with van der Waals surface area (Å²) in [5.74, 6) is -3.82. The molecule has 0 spiro atoms. The molecule has 0 saturated heterocycles. The lowest BCUT2D eigenvalue weighted by molar-refractivity contribution is -0.144. The molecule has 0 heterocycles. The van der Waals surface area contributed by atoms with E-state index in [0.717, 1.165) is 12.1 Å². The van der Waals surface area contributed by atoms with Crippen LogP contribution in [0.4, 0.5) is 14.5 Å². The van der Waals surface area contributed by atoms with Crippen LogP contribution in [0, 0.1) is 5.92 Å². The Morgan fingerprint density at radius 2 is 1.80 bits per heavy atom. The molecule has 1 amide bonds. The van der Waals surface area contributed by atoms with E-state index >= 15 is 0 Å². The van der Waals surface area contributed by atoms with E-state index in [1.807, 2.05) is 0 Å². The number of carboxylic acid groups (broad SMARTS) is 1. The van der Waals surface area contributed by atoms with Crippen LogP contribution in [-0.4, -0.2) is 23.6 Å². The molecule has 0 aliphatic heterocycles. The lowest BCUT2D eigenvalue weighted by Gasteiger charge is -2.12. The summed E-state index contributed by atoms with van der Waals surface area (Å²) in [4.78, 5) is 22.1. The summed E-state index contributed by atoms with van der Waals surface area (Å²) in [5.41, 5.74) is 0.0692. The Labute approximate surface area is 122 Å². The molecule has 1 rings (SSSR count). The predicted octanol–water partition coefficient (Wildman–Crippen LogP) is 3.25. The van der Waals surface area contributed by atoms with Gasteiger partial charge in [0.1, 0.15) is 5.92 Å². The van der Waals surface area contributed by atoms with E-state index in [4.69, 9.17) is 28.3 Å². The van der Waals surface area contributed by atoms with Crippen LogP contribution in [0.1, 0.15) is 6.92 Å². The molecule has 0 radical (unpaired) electrons. The number of anilines is 1. The highest BCUT2D eigenvalue weighted by Crippen LogP contribution is 2.37. The van der Waals surface area contributed by atoms with Crippen molar-refractivity contribution in [1.29, 1.82) is 0 Å². The lowest BCUT2D eigenvalue weighted by Crippen LogP contribution is -2.26. The molecule has 5 nitrogen and oxygen atoms in total. The van der Waals surface area contributed by atoms with Crippen LogP contribution in [0.15, 0.2) is 12.1 Å². The molecule has 0 aliphatic carbocycles. The first kappa shape index (κ1) is 16.5. The van der Waals surface area contributed by atoms with Gasteiger partial charge in [-0.2, -0.15) is 8.78 Å². The number of ether oxygens (including phenoxy) is 1. The number of rotatable bonds is 5. The first-order valence-electron chi connectivity index (χ1n) is 5.20. The van der Waals surface area contributed by atoms with Gasteiger partial charge < -0.3 is 15.2 Å². The molecule has 1 aromatic rings. The number of hydrogen-bond donors (Lipinski definition) is 2. The maximum Gasteiger partial charge on any atom is 0.387 e. The molecular weight excluding hydrogens is 319 g/mol. The summed E-state index contributed by atoms with van der Waals surface area (Å²) in [6.45, 7) is -1.91. The second-order valence-electron chi connectivity index (χ2n) is 3.70. The van der Waals surface area contributed by atoms with Crippen molar-refractivity contribution in [2.45, 2.75) is 13.5 Å². The van der Waals surface area contributed by atoms with E-state index in [1.165, 1.54) is 6.92 Å². The first-order valence-corrected chi connectivity index (χ1v) is 5.95. The van der Waals surface area contributed by atoms with E-state index in [2.05, 4.69) is 10.1 Å². The average molecular weight is 328 g/mol. The van der Waals surface area contributed by atoms with Crippen molar-refractivity contribution in [3.05, 3.63) is 22.2 Å². The van der Waals surface area contributed by atoms with Crippen LogP contribution >= 0.6 is 23.2 Å². The van der Waals surface area contributed by atoms with Crippen molar-refractivity contribution in [1.82, 2.24) is 0 Å². The minimum atomic E-state index is -3.10. The number of aliphatic carboxylic acids is 1. The van der Waals surface area contributed by atoms with Gasteiger partial charge >= 0.3 is 12.6 Å². The van der Waals surface area contributed by atoms with Crippen molar-refractivity contribution < 1.29 is 28.2 Å². The number of carbonyl (C=O) groups is 2. The highest BCUT2D eigenvalue weighted by atomic mass is 35.5. The summed E-state index contributed by atoms with van der Waals surface area (Å²) in [5, 5.41) is 10.4. The fraction of sp³-hybridized carbons (Fsp3) is 0.273. The molecule has 0 aliphatic rings. The van der Waals surface area contributed by atoms with Crippen LogP contribution in [0.5, 0.6) is 5.75 Å². The fourth-order valence-electron chi connectivity index (χ4n) is 1.20. The molecule has 0 aromatic heterocycles. The molecule has 1 unspecified atom stereocenters. The Bertz CT molecular complexity index is 516. The summed E-state index contributed by atoms with van der Waals surface area (Å²) < 4.78 is 28.3. The van der Waals surface area contributed by atoms with Gasteiger partial charge in [-0.15, -0.1) is 0 Å². The first-order chi connectivity index (χ1) is 9.22. The largest absolute Gasteiger partial charge is 0.481 e. The normalized spacial score (nSPS) is 12.1. The van der Waals surface area contributed by atoms with Gasteiger partial charge in [-0.05, 0) is 19.1 Å². The zero-order valence-corrected chi connectivity index (χ0v) is 11.5. The van der Waals surface area contributed by atoms with Gasteiger partial charge in [-0.25, -0.2) is 0 Å². The molecule has 0 saturated carbocycles. The minimum absolute atomic E-state index is 0.0692. The molecule has 1 atom stereocenters. The van der Waals surface area contributed by atoms with E-state index in [1.54, 1.807) is 0 Å². The molecule has 2 N–H and O–H groups in total. The molecule has 0 bridgehead atoms. The fourth-order valence-corrected chi connectivity index (χ4v) is 1.77. The van der Waals surface area contributed by atoms with Gasteiger partial charge in [0.15, 0.2) is 5.75 Å². The zero-order chi connectivity index (χ0) is 15.4. The maximum atomic E-state index is 12.1. The number of carbonyl (C=O) groups excluding carboxylic acids is 1. The predicted molar refractivity (Wildman–Crippen MR) is 68.5 cm³/mol. The van der Waals surface area contributed by atoms with Crippen molar-refractivity contribution >= 4 is 40.8 Å². The van der Waals surface area contributed by atoms with Crippen LogP contribution < -0.4 is 10.1 Å². The topological polar surface area (TPSA) is 75.6 Å². The van der Waals surface area contributed by atoms with Gasteiger partial charge in [0, 0.05) is 5.69 Å². The Balaban J connectivity index is 2.94. The van der Waals surface area contributed by atoms with Gasteiger partial charge in [0.05, 0.1) is 10.0 Å². The number of benzene rings is 1. The number of amides is 1. The molecule has 0 fully saturated rings. The maximum absolute atomic E-state index is 12.1. The highest BCUT2D eigenvalue weighted by Gasteiger charge is 2.21. The minimum Gasteiger partial charge on any atom is -0.481 e. The Morgan fingerprint density at radius 1 is 1.30 bits per heavy atom. The lowest BCUT2D eigenvalue weighted by atomic mass is 10.1. The summed E-state index contributed by atoms with van der Waals surface area (Å²) in [6, 6.07) is 2.25. The van der Waals surface area contributed by atoms with E-state index in [9.17, 15) is 18.4 Å². The molecule has 20 heavy (non-hydrogen) atoms. The molecular formula is C11H9Cl2F2NO4. The van der Waals surface area contributed by atoms with Crippen LogP contribution in [0.3, 0.4) is 0 Å². The van der Waals surface area contributed by atoms with E-state index in [-0.39, 0.29) is 15.7 Å². The van der Waals surface area contributed by atoms with Gasteiger partial charge in [0.25, 0.3) is 0 Å². The zero-order valence-electron chi connectivity index (χ0n) is 9.99. The monoisotopic (exact) mass is 327 g/mol. The summed E-state index contributed by atoms with van der Waals surface area (Å²) in [7, 11) is 0. The molecule has 110 valence electrons. The smallest absolute Gasteiger partial charge is 0.387 e. The number of halogens is 4. The standard InChI is InChI=1S/C11H9Cl2F2NO4/c1-4(10(18)19)9(17)16-5-2-6(12)8(7(13)3-5)20-11(14)15/h2-4,11H,1H3,(H,16,17)(H,18,19). The van der Waals surface area contributed by atoms with Crippen molar-refractivity contribution in [2.75, 3.05) is 5.32 Å². The third-order valence-corrected chi connectivity index (χ3v) is 2.80. The molecule has 1 aromatic carbocycles. The highest BCUT2D eigenvalue weighted by molar-refractivity contribution is 6.37. The Hall–Kier alpha value is -1.60. The van der Waals surface area contributed by atoms with Gasteiger partial charge in [-0.3, -0.25) is 9.59 Å². The van der Waals surface area contributed by atoms with Crippen molar-refractivity contribution in [2.24, 2.45) is 5.92 Å². The SMILES string of the molecule is CC(C(=O)O)C(=O)Nc1cc(Cl)c(OC(F)F)c(Cl)c1. The van der Waals surface area contributed by atoms with Gasteiger partial charge in [-0.1, -0.05) is 23.2 Å². The molecule has 9 heteroatoms. The number of alkyl halides is 2. The summed E-state index contributed by atoms with van der Waals surface area (Å²) >= 11 is 11.4. The van der Waals surface area contributed by atoms with E-state index in [0.29, 0.717) is 0 Å². The average Bonchev–Trinajstić information content (AvgIpc) is 2.32. The number of carboxylic acids is 1. The van der Waals surface area contributed by atoms with Crippen LogP contribution in [0.25, 0.3) is 0 Å². The second-order valence-corrected chi connectivity index (χ2v) is 4.51. The third-order valence-electron chi connectivity index (χ3n) is 2.24. The van der Waals surface area contributed by atoms with Crippen molar-refractivity contribution in [3.8, 4) is 5.75 Å². The van der Waals surface area contributed by atoms with E-state index < -0.39 is 30.2 Å². The van der Waals surface area contributed by atoms with Crippen LogP contribution in [0.2, 0.25) is 10.0 Å². The quantitative estimate of drug-likeness (QED) is 0.814. The third kappa shape index (κ3) is 4.21. The number of nitrogens with one attached hydrogen (secondary N) is 1. The van der Waals surface area contributed by atoms with Crippen molar-refractivity contribution in [3.63, 3.8) is 0 Å². The Morgan fingerprint density at radius 3 is 2.20 bits per heavy atom. The van der Waals surface area contributed by atoms with Crippen LogP contribution in [-0.2, 0) is 9.59 Å². The summed E-state index contributed by atoms with van der Waals surface area (Å²) in [6.07, 6.45) is 0.